The molecule has 0 aliphatic heterocycles. The van der Waals surface area contributed by atoms with Gasteiger partial charge in [-0.3, -0.25) is 0 Å². The molecule has 1 rings (SSSR count). The summed E-state index contributed by atoms with van der Waals surface area (Å²) < 4.78 is 5.04. The van der Waals surface area contributed by atoms with E-state index in [-0.39, 0.29) is 0 Å². The van der Waals surface area contributed by atoms with Gasteiger partial charge in [0.1, 0.15) is 0 Å². The minimum absolute atomic E-state index is 0.434. The molecule has 0 saturated carbocycles. The van der Waals surface area contributed by atoms with E-state index < -0.39 is 0 Å². The van der Waals surface area contributed by atoms with Crippen LogP contribution in [-0.4, -0.2) is 18.6 Å². The van der Waals surface area contributed by atoms with Gasteiger partial charge in [-0.05, 0) is 18.9 Å². The summed E-state index contributed by atoms with van der Waals surface area (Å²) in [4.78, 5) is 0. The third-order valence-corrected chi connectivity index (χ3v) is 2.40. The van der Waals surface area contributed by atoms with Gasteiger partial charge in [-0.1, -0.05) is 6.92 Å². The van der Waals surface area contributed by atoms with E-state index in [9.17, 15) is 0 Å². The number of thioether (sulfide) groups is 1. The zero-order chi connectivity index (χ0) is 8.81. The number of nitrogens with one attached hydrogen (secondary N) is 1. The molecule has 0 aromatic carbocycles. The molecule has 0 spiro atoms. The van der Waals surface area contributed by atoms with Gasteiger partial charge in [-0.15, -0.1) is 0 Å². The monoisotopic (exact) mass is 185 g/mol. The second kappa shape index (κ2) is 5.27. The van der Waals surface area contributed by atoms with Crippen LogP contribution in [0.25, 0.3) is 0 Å². The minimum Gasteiger partial charge on any atom is -0.472 e. The Morgan fingerprint density at radius 2 is 2.50 bits per heavy atom. The van der Waals surface area contributed by atoms with Crippen molar-refractivity contribution in [3.8, 4) is 0 Å². The maximum atomic E-state index is 5.04. The first-order valence-electron chi connectivity index (χ1n) is 4.13. The maximum Gasteiger partial charge on any atom is 0.0950 e. The second-order valence-corrected chi connectivity index (χ2v) is 3.53. The number of hydrogen-bond acceptors (Lipinski definition) is 3. The summed E-state index contributed by atoms with van der Waals surface area (Å²) in [5.74, 6) is 1.09. The predicted octanol–water partition coefficient (Wildman–Crippen LogP) is 2.29. The van der Waals surface area contributed by atoms with Gasteiger partial charge in [-0.25, -0.2) is 0 Å². The predicted molar refractivity (Wildman–Crippen MR) is 53.5 cm³/mol. The summed E-state index contributed by atoms with van der Waals surface area (Å²) >= 11 is 1.84. The van der Waals surface area contributed by atoms with Crippen molar-refractivity contribution in [2.75, 3.05) is 18.6 Å². The molecule has 0 radical (unpaired) electrons. The van der Waals surface area contributed by atoms with Gasteiger partial charge in [-0.2, -0.15) is 11.8 Å². The molecule has 0 aliphatic rings. The Morgan fingerprint density at radius 1 is 1.67 bits per heavy atom. The van der Waals surface area contributed by atoms with E-state index in [0.29, 0.717) is 6.04 Å². The topological polar surface area (TPSA) is 25.2 Å². The van der Waals surface area contributed by atoms with E-state index in [1.807, 2.05) is 24.1 Å². The standard InChI is InChI=1S/C9H15NOS/c1-3-10-9(7-12-2)8-4-5-11-6-8/h4-6,9-10H,3,7H2,1-2H3. The number of furan rings is 1. The first-order valence-corrected chi connectivity index (χ1v) is 5.52. The van der Waals surface area contributed by atoms with Crippen LogP contribution in [0.15, 0.2) is 23.0 Å². The molecule has 1 aromatic heterocycles. The molecular weight excluding hydrogens is 170 g/mol. The highest BCUT2D eigenvalue weighted by Gasteiger charge is 2.09. The Labute approximate surface area is 77.7 Å². The van der Waals surface area contributed by atoms with Gasteiger partial charge in [0, 0.05) is 17.4 Å². The molecule has 1 unspecified atom stereocenters. The van der Waals surface area contributed by atoms with Crippen LogP contribution in [-0.2, 0) is 0 Å². The summed E-state index contributed by atoms with van der Waals surface area (Å²) in [6.45, 7) is 3.11. The zero-order valence-corrected chi connectivity index (χ0v) is 8.36. The third kappa shape index (κ3) is 2.57. The molecule has 2 nitrogen and oxygen atoms in total. The van der Waals surface area contributed by atoms with Crippen LogP contribution in [0.4, 0.5) is 0 Å². The molecule has 3 heteroatoms. The molecule has 1 atom stereocenters. The quantitative estimate of drug-likeness (QED) is 0.762. The third-order valence-electron chi connectivity index (χ3n) is 1.73. The Hall–Kier alpha value is -0.410. The molecule has 0 saturated heterocycles. The highest BCUT2D eigenvalue weighted by molar-refractivity contribution is 7.98. The summed E-state index contributed by atoms with van der Waals surface area (Å²) in [6, 6.07) is 2.45. The van der Waals surface area contributed by atoms with Gasteiger partial charge in [0.25, 0.3) is 0 Å². The maximum absolute atomic E-state index is 5.04. The highest BCUT2D eigenvalue weighted by atomic mass is 32.2. The first kappa shape index (κ1) is 9.68. The molecule has 1 aromatic rings. The highest BCUT2D eigenvalue weighted by Crippen LogP contribution is 2.16. The molecule has 68 valence electrons. The van der Waals surface area contributed by atoms with Crippen LogP contribution in [0.1, 0.15) is 18.5 Å². The van der Waals surface area contributed by atoms with E-state index >= 15 is 0 Å². The largest absolute Gasteiger partial charge is 0.472 e. The Morgan fingerprint density at radius 3 is 3.00 bits per heavy atom. The lowest BCUT2D eigenvalue weighted by molar-refractivity contribution is 0.548. The van der Waals surface area contributed by atoms with Gasteiger partial charge in [0.15, 0.2) is 0 Å². The summed E-state index contributed by atoms with van der Waals surface area (Å²) in [7, 11) is 0. The van der Waals surface area contributed by atoms with Crippen LogP contribution in [0.5, 0.6) is 0 Å². The fourth-order valence-corrected chi connectivity index (χ4v) is 1.80. The first-order chi connectivity index (χ1) is 5.88. The van der Waals surface area contributed by atoms with Crippen LogP contribution in [0, 0.1) is 0 Å². The summed E-state index contributed by atoms with van der Waals surface area (Å²) in [5, 5.41) is 3.41. The Balaban J connectivity index is 2.53. The molecule has 12 heavy (non-hydrogen) atoms. The summed E-state index contributed by atoms with van der Waals surface area (Å²) in [6.07, 6.45) is 5.65. The fraction of sp³-hybridized carbons (Fsp3) is 0.556. The number of hydrogen-bond donors (Lipinski definition) is 1. The van der Waals surface area contributed by atoms with E-state index in [0.717, 1.165) is 12.3 Å². The molecular formula is C9H15NOS. The molecule has 0 bridgehead atoms. The van der Waals surface area contributed by atoms with Crippen LogP contribution < -0.4 is 5.32 Å². The van der Waals surface area contributed by atoms with Crippen molar-refractivity contribution in [3.05, 3.63) is 24.2 Å². The van der Waals surface area contributed by atoms with Crippen molar-refractivity contribution in [2.24, 2.45) is 0 Å². The van der Waals surface area contributed by atoms with Crippen molar-refractivity contribution in [3.63, 3.8) is 0 Å². The van der Waals surface area contributed by atoms with E-state index in [1.54, 1.807) is 6.26 Å². The minimum atomic E-state index is 0.434. The van der Waals surface area contributed by atoms with Gasteiger partial charge >= 0.3 is 0 Å². The average Bonchev–Trinajstić information content (AvgIpc) is 2.56. The lowest BCUT2D eigenvalue weighted by Crippen LogP contribution is -2.22. The van der Waals surface area contributed by atoms with E-state index in [2.05, 4.69) is 18.5 Å². The fourth-order valence-electron chi connectivity index (χ4n) is 1.16. The molecule has 0 amide bonds. The zero-order valence-electron chi connectivity index (χ0n) is 7.54. The smallest absolute Gasteiger partial charge is 0.0950 e. The van der Waals surface area contributed by atoms with Crippen molar-refractivity contribution in [1.82, 2.24) is 5.32 Å². The van der Waals surface area contributed by atoms with Gasteiger partial charge in [0.05, 0.1) is 12.5 Å². The molecule has 0 aliphatic carbocycles. The van der Waals surface area contributed by atoms with Crippen LogP contribution in [0.2, 0.25) is 0 Å². The Bertz CT molecular complexity index is 192. The van der Waals surface area contributed by atoms with Gasteiger partial charge in [0.2, 0.25) is 0 Å². The average molecular weight is 185 g/mol. The normalized spacial score (nSPS) is 13.2. The van der Waals surface area contributed by atoms with Gasteiger partial charge < -0.3 is 9.73 Å². The lowest BCUT2D eigenvalue weighted by Gasteiger charge is -2.14. The lowest BCUT2D eigenvalue weighted by atomic mass is 10.2. The molecule has 1 N–H and O–H groups in total. The summed E-state index contributed by atoms with van der Waals surface area (Å²) in [5.41, 5.74) is 1.24. The van der Waals surface area contributed by atoms with Crippen LogP contribution >= 0.6 is 11.8 Å². The molecule has 0 fully saturated rings. The molecule has 1 heterocycles. The van der Waals surface area contributed by atoms with Crippen LogP contribution in [0.3, 0.4) is 0 Å². The van der Waals surface area contributed by atoms with Crippen molar-refractivity contribution >= 4 is 11.8 Å². The van der Waals surface area contributed by atoms with Crippen molar-refractivity contribution in [2.45, 2.75) is 13.0 Å². The second-order valence-electron chi connectivity index (χ2n) is 2.62. The van der Waals surface area contributed by atoms with Crippen molar-refractivity contribution < 1.29 is 4.42 Å². The van der Waals surface area contributed by atoms with E-state index in [4.69, 9.17) is 4.42 Å². The number of rotatable bonds is 5. The van der Waals surface area contributed by atoms with Crippen molar-refractivity contribution in [1.29, 1.82) is 0 Å². The Kier molecular flexibility index (Phi) is 4.25. The SMILES string of the molecule is CCNC(CSC)c1ccoc1. The van der Waals surface area contributed by atoms with E-state index in [1.165, 1.54) is 5.56 Å².